The summed E-state index contributed by atoms with van der Waals surface area (Å²) in [4.78, 5) is 10.9. The molecule has 0 bridgehead atoms. The van der Waals surface area contributed by atoms with Crippen molar-refractivity contribution >= 4 is 33.7 Å². The van der Waals surface area contributed by atoms with Crippen LogP contribution in [0.5, 0.6) is 0 Å². The van der Waals surface area contributed by atoms with Gasteiger partial charge in [0.05, 0.1) is 0 Å². The van der Waals surface area contributed by atoms with E-state index < -0.39 is 16.8 Å². The molecule has 0 aliphatic heterocycles. The van der Waals surface area contributed by atoms with Crippen molar-refractivity contribution in [2.45, 2.75) is 30.4 Å². The number of carboxylic acids is 1. The predicted molar refractivity (Wildman–Crippen MR) is 75.1 cm³/mol. The van der Waals surface area contributed by atoms with Crippen LogP contribution in [-0.2, 0) is 10.5 Å². The van der Waals surface area contributed by atoms with Gasteiger partial charge in [-0.15, -0.1) is 11.8 Å². The van der Waals surface area contributed by atoms with Crippen molar-refractivity contribution in [1.82, 2.24) is 0 Å². The van der Waals surface area contributed by atoms with Gasteiger partial charge in [-0.1, -0.05) is 28.1 Å². The second-order valence-corrected chi connectivity index (χ2v) is 6.88. The first-order chi connectivity index (χ1) is 7.83. The van der Waals surface area contributed by atoms with Crippen LogP contribution in [0.1, 0.15) is 19.4 Å². The fourth-order valence-electron chi connectivity index (χ4n) is 1.28. The Morgan fingerprint density at radius 3 is 2.76 bits per heavy atom. The van der Waals surface area contributed by atoms with E-state index in [-0.39, 0.29) is 0 Å². The Hall–Kier alpha value is -0.520. The highest BCUT2D eigenvalue weighted by atomic mass is 79.9. The fourth-order valence-corrected chi connectivity index (χ4v) is 2.73. The van der Waals surface area contributed by atoms with Gasteiger partial charge in [0.25, 0.3) is 0 Å². The summed E-state index contributed by atoms with van der Waals surface area (Å²) < 4.78 is 0.532. The summed E-state index contributed by atoms with van der Waals surface area (Å²) in [6.07, 6.45) is 0. The van der Waals surface area contributed by atoms with Crippen molar-refractivity contribution < 1.29 is 9.90 Å². The van der Waals surface area contributed by atoms with Crippen molar-refractivity contribution in [3.05, 3.63) is 34.3 Å². The van der Waals surface area contributed by atoms with Gasteiger partial charge in [-0.25, -0.2) is 0 Å². The van der Waals surface area contributed by atoms with Gasteiger partial charge in [-0.05, 0) is 31.5 Å². The van der Waals surface area contributed by atoms with Gasteiger partial charge < -0.3 is 10.8 Å². The number of carboxylic acid groups (broad SMARTS) is 1. The summed E-state index contributed by atoms with van der Waals surface area (Å²) in [7, 11) is 0. The molecule has 0 saturated heterocycles. The highest BCUT2D eigenvalue weighted by Crippen LogP contribution is 2.31. The quantitative estimate of drug-likeness (QED) is 0.876. The van der Waals surface area contributed by atoms with Crippen molar-refractivity contribution in [1.29, 1.82) is 0 Å². The third-order valence-corrected chi connectivity index (χ3v) is 4.48. The number of benzene rings is 1. The van der Waals surface area contributed by atoms with E-state index >= 15 is 0 Å². The van der Waals surface area contributed by atoms with Gasteiger partial charge in [0.15, 0.2) is 0 Å². The molecule has 1 rings (SSSR count). The molecule has 0 spiro atoms. The molecule has 0 aliphatic carbocycles. The zero-order chi connectivity index (χ0) is 13.1. The fraction of sp³-hybridized carbons (Fsp3) is 0.417. The maximum atomic E-state index is 10.9. The highest BCUT2D eigenvalue weighted by Gasteiger charge is 2.32. The second kappa shape index (κ2) is 5.89. The summed E-state index contributed by atoms with van der Waals surface area (Å²) in [5.41, 5.74) is 6.81. The van der Waals surface area contributed by atoms with Crippen LogP contribution in [-0.4, -0.2) is 21.9 Å². The van der Waals surface area contributed by atoms with E-state index in [1.807, 2.05) is 38.1 Å². The Balaban J connectivity index is 2.64. The lowest BCUT2D eigenvalue weighted by Gasteiger charge is -2.28. The van der Waals surface area contributed by atoms with Crippen LogP contribution in [0.15, 0.2) is 28.7 Å². The van der Waals surface area contributed by atoms with Crippen molar-refractivity contribution in [3.63, 3.8) is 0 Å². The maximum absolute atomic E-state index is 10.9. The molecule has 0 saturated carbocycles. The zero-order valence-electron chi connectivity index (χ0n) is 9.81. The van der Waals surface area contributed by atoms with Crippen molar-refractivity contribution in [2.24, 2.45) is 5.73 Å². The number of hydrogen-bond acceptors (Lipinski definition) is 3. The van der Waals surface area contributed by atoms with Crippen LogP contribution < -0.4 is 5.73 Å². The molecule has 1 aromatic rings. The molecule has 3 N–H and O–H groups in total. The number of thioether (sulfide) groups is 1. The molecule has 1 aromatic carbocycles. The lowest BCUT2D eigenvalue weighted by Crippen LogP contribution is -2.46. The van der Waals surface area contributed by atoms with Crippen molar-refractivity contribution in [3.8, 4) is 0 Å². The van der Waals surface area contributed by atoms with Gasteiger partial charge in [0.2, 0.25) is 0 Å². The van der Waals surface area contributed by atoms with Crippen LogP contribution >= 0.6 is 27.7 Å². The summed E-state index contributed by atoms with van der Waals surface area (Å²) in [6, 6.07) is 7.10. The Labute approximate surface area is 114 Å². The number of nitrogens with two attached hydrogens (primary N) is 1. The molecular formula is C12H16BrNO2S. The SMILES string of the molecule is CC(C)(SCc1cccc(Br)c1)[C@H](N)C(=O)O. The summed E-state index contributed by atoms with van der Waals surface area (Å²) in [6.45, 7) is 3.71. The van der Waals surface area contributed by atoms with E-state index in [0.29, 0.717) is 0 Å². The first-order valence-corrected chi connectivity index (χ1v) is 6.97. The number of hydrogen-bond donors (Lipinski definition) is 2. The zero-order valence-corrected chi connectivity index (χ0v) is 12.2. The minimum Gasteiger partial charge on any atom is -0.480 e. The normalized spacial score (nSPS) is 13.4. The molecule has 3 nitrogen and oxygen atoms in total. The standard InChI is InChI=1S/C12H16BrNO2S/c1-12(2,10(14)11(15)16)17-7-8-4-3-5-9(13)6-8/h3-6,10H,7,14H2,1-2H3,(H,15,16)/t10-/m1/s1. The Morgan fingerprint density at radius 2 is 2.24 bits per heavy atom. The van der Waals surface area contributed by atoms with Crippen LogP contribution in [0, 0.1) is 0 Å². The number of rotatable bonds is 5. The van der Waals surface area contributed by atoms with Gasteiger partial charge in [0.1, 0.15) is 6.04 Å². The van der Waals surface area contributed by atoms with E-state index in [2.05, 4.69) is 15.9 Å². The first kappa shape index (κ1) is 14.5. The van der Waals surface area contributed by atoms with Crippen LogP contribution in [0.2, 0.25) is 0 Å². The number of halogens is 1. The van der Waals surface area contributed by atoms with Crippen LogP contribution in [0.4, 0.5) is 0 Å². The van der Waals surface area contributed by atoms with Gasteiger partial charge in [-0.3, -0.25) is 4.79 Å². The molecule has 0 unspecified atom stereocenters. The predicted octanol–water partition coefficient (Wildman–Crippen LogP) is 2.87. The molecule has 0 aromatic heterocycles. The third-order valence-electron chi connectivity index (χ3n) is 2.51. The average molecular weight is 318 g/mol. The molecule has 0 radical (unpaired) electrons. The summed E-state index contributed by atoms with van der Waals surface area (Å²) in [5.74, 6) is -0.218. The molecule has 94 valence electrons. The molecule has 1 atom stereocenters. The Kier molecular flexibility index (Phi) is 5.04. The lowest BCUT2D eigenvalue weighted by molar-refractivity contribution is -0.139. The van der Waals surface area contributed by atoms with E-state index in [4.69, 9.17) is 10.8 Å². The van der Waals surface area contributed by atoms with E-state index in [0.717, 1.165) is 15.8 Å². The van der Waals surface area contributed by atoms with Gasteiger partial charge in [-0.2, -0.15) is 0 Å². The summed E-state index contributed by atoms with van der Waals surface area (Å²) >= 11 is 4.96. The molecule has 17 heavy (non-hydrogen) atoms. The van der Waals surface area contributed by atoms with Gasteiger partial charge >= 0.3 is 5.97 Å². The lowest BCUT2D eigenvalue weighted by atomic mass is 10.1. The molecule has 0 amide bonds. The first-order valence-electron chi connectivity index (χ1n) is 5.20. The largest absolute Gasteiger partial charge is 0.480 e. The minimum absolute atomic E-state index is 0.492. The van der Waals surface area contributed by atoms with E-state index in [9.17, 15) is 4.79 Å². The number of aliphatic carboxylic acids is 1. The highest BCUT2D eigenvalue weighted by molar-refractivity contribution is 9.10. The topological polar surface area (TPSA) is 63.3 Å². The molecule has 0 fully saturated rings. The molecule has 0 aliphatic rings. The molecular weight excluding hydrogens is 302 g/mol. The van der Waals surface area contributed by atoms with Crippen LogP contribution in [0.3, 0.4) is 0 Å². The molecule has 0 heterocycles. The second-order valence-electron chi connectivity index (χ2n) is 4.34. The van der Waals surface area contributed by atoms with Crippen molar-refractivity contribution in [2.75, 3.05) is 0 Å². The smallest absolute Gasteiger partial charge is 0.321 e. The molecule has 5 heteroatoms. The maximum Gasteiger partial charge on any atom is 0.321 e. The Morgan fingerprint density at radius 1 is 1.59 bits per heavy atom. The van der Waals surface area contributed by atoms with E-state index in [1.54, 1.807) is 11.8 Å². The summed E-state index contributed by atoms with van der Waals surface area (Å²) in [5, 5.41) is 8.91. The Bertz CT molecular complexity index is 409. The van der Waals surface area contributed by atoms with Gasteiger partial charge in [0, 0.05) is 15.0 Å². The average Bonchev–Trinajstić information content (AvgIpc) is 2.25. The van der Waals surface area contributed by atoms with E-state index in [1.165, 1.54) is 0 Å². The van der Waals surface area contributed by atoms with Crippen LogP contribution in [0.25, 0.3) is 0 Å². The number of carbonyl (C=O) groups is 1. The minimum atomic E-state index is -0.961. The monoisotopic (exact) mass is 317 g/mol. The third kappa shape index (κ3) is 4.33.